The maximum Gasteiger partial charge on any atom is 0.243 e. The number of benzene rings is 3. The number of halogens is 1. The molecule has 1 N–H and O–H groups in total. The SMILES string of the molecule is Cc1cccc(CN(CC(=O)NCc2ccc(S(=O)(=O)N3CCOCC3)cc2)S(=O)(=O)c2ccc(Cl)cc2)c1. The largest absolute Gasteiger partial charge is 0.379 e. The van der Waals surface area contributed by atoms with Crippen molar-refractivity contribution in [2.24, 2.45) is 0 Å². The Morgan fingerprint density at radius 1 is 0.923 bits per heavy atom. The van der Waals surface area contributed by atoms with Crippen molar-refractivity contribution in [3.63, 3.8) is 0 Å². The average Bonchev–Trinajstić information content (AvgIpc) is 2.92. The molecule has 0 bridgehead atoms. The van der Waals surface area contributed by atoms with E-state index in [0.29, 0.717) is 36.9 Å². The zero-order chi connectivity index (χ0) is 28.0. The summed E-state index contributed by atoms with van der Waals surface area (Å²) in [5, 5.41) is 3.14. The van der Waals surface area contributed by atoms with E-state index in [1.807, 2.05) is 31.2 Å². The fraction of sp³-hybridized carbons (Fsp3) is 0.296. The van der Waals surface area contributed by atoms with E-state index in [-0.39, 0.29) is 22.9 Å². The minimum Gasteiger partial charge on any atom is -0.379 e. The summed E-state index contributed by atoms with van der Waals surface area (Å²) in [5.41, 5.74) is 2.40. The first kappa shape index (κ1) is 29.2. The van der Waals surface area contributed by atoms with E-state index in [9.17, 15) is 21.6 Å². The van der Waals surface area contributed by atoms with Gasteiger partial charge in [0, 0.05) is 31.2 Å². The van der Waals surface area contributed by atoms with Gasteiger partial charge in [-0.2, -0.15) is 8.61 Å². The molecular formula is C27H30ClN3O6S2. The van der Waals surface area contributed by atoms with Gasteiger partial charge in [0.2, 0.25) is 26.0 Å². The lowest BCUT2D eigenvalue weighted by Gasteiger charge is -2.26. The van der Waals surface area contributed by atoms with Gasteiger partial charge in [-0.05, 0) is 54.4 Å². The number of aryl methyl sites for hydroxylation is 1. The highest BCUT2D eigenvalue weighted by Gasteiger charge is 2.28. The van der Waals surface area contributed by atoms with Crippen LogP contribution in [0.1, 0.15) is 16.7 Å². The van der Waals surface area contributed by atoms with Gasteiger partial charge in [0.1, 0.15) is 0 Å². The fourth-order valence-electron chi connectivity index (χ4n) is 4.13. The number of carbonyl (C=O) groups is 1. The van der Waals surface area contributed by atoms with Crippen molar-refractivity contribution in [1.29, 1.82) is 0 Å². The number of ether oxygens (including phenoxy) is 1. The first-order valence-electron chi connectivity index (χ1n) is 12.3. The third-order valence-electron chi connectivity index (χ3n) is 6.23. The zero-order valence-electron chi connectivity index (χ0n) is 21.4. The predicted octanol–water partition coefficient (Wildman–Crippen LogP) is 3.18. The topological polar surface area (TPSA) is 113 Å². The second kappa shape index (κ2) is 12.6. The van der Waals surface area contributed by atoms with E-state index in [4.69, 9.17) is 16.3 Å². The number of morpholine rings is 1. The first-order chi connectivity index (χ1) is 18.6. The van der Waals surface area contributed by atoms with Crippen molar-refractivity contribution in [1.82, 2.24) is 13.9 Å². The van der Waals surface area contributed by atoms with Gasteiger partial charge in [0.25, 0.3) is 0 Å². The molecule has 0 saturated carbocycles. The van der Waals surface area contributed by atoms with E-state index >= 15 is 0 Å². The van der Waals surface area contributed by atoms with Crippen LogP contribution in [0.15, 0.2) is 82.6 Å². The van der Waals surface area contributed by atoms with Crippen molar-refractivity contribution < 1.29 is 26.4 Å². The van der Waals surface area contributed by atoms with Crippen LogP contribution in [-0.4, -0.2) is 64.2 Å². The molecule has 0 spiro atoms. The molecule has 0 unspecified atom stereocenters. The van der Waals surface area contributed by atoms with Gasteiger partial charge in [-0.3, -0.25) is 4.79 Å². The van der Waals surface area contributed by atoms with Gasteiger partial charge in [-0.25, -0.2) is 16.8 Å². The summed E-state index contributed by atoms with van der Waals surface area (Å²) in [4.78, 5) is 13.1. The molecule has 3 aromatic carbocycles. The Morgan fingerprint density at radius 3 is 2.21 bits per heavy atom. The maximum atomic E-state index is 13.4. The quantitative estimate of drug-likeness (QED) is 0.387. The molecule has 1 fully saturated rings. The van der Waals surface area contributed by atoms with Gasteiger partial charge < -0.3 is 10.1 Å². The van der Waals surface area contributed by atoms with Crippen LogP contribution >= 0.6 is 11.6 Å². The highest BCUT2D eigenvalue weighted by atomic mass is 35.5. The summed E-state index contributed by atoms with van der Waals surface area (Å²) in [6, 6.07) is 19.5. The number of nitrogens with one attached hydrogen (secondary N) is 1. The average molecular weight is 592 g/mol. The molecule has 1 heterocycles. The Morgan fingerprint density at radius 2 is 1.56 bits per heavy atom. The van der Waals surface area contributed by atoms with E-state index in [1.165, 1.54) is 40.7 Å². The summed E-state index contributed by atoms with van der Waals surface area (Å²) in [6.45, 7) is 2.95. The summed E-state index contributed by atoms with van der Waals surface area (Å²) in [7, 11) is -7.63. The molecule has 0 aromatic heterocycles. The third kappa shape index (κ3) is 7.44. The lowest BCUT2D eigenvalue weighted by atomic mass is 10.1. The third-order valence-corrected chi connectivity index (χ3v) is 10.2. The molecule has 1 saturated heterocycles. The van der Waals surface area contributed by atoms with Crippen molar-refractivity contribution in [3.05, 3.63) is 94.5 Å². The minimum absolute atomic E-state index is 0.00809. The van der Waals surface area contributed by atoms with Gasteiger partial charge >= 0.3 is 0 Å². The smallest absolute Gasteiger partial charge is 0.243 e. The molecule has 39 heavy (non-hydrogen) atoms. The second-order valence-corrected chi connectivity index (χ2v) is 13.5. The van der Waals surface area contributed by atoms with Crippen LogP contribution in [0.5, 0.6) is 0 Å². The molecule has 1 aliphatic rings. The van der Waals surface area contributed by atoms with Crippen LogP contribution in [-0.2, 0) is 42.7 Å². The molecule has 1 amide bonds. The molecule has 12 heteroatoms. The van der Waals surface area contributed by atoms with E-state index in [2.05, 4.69) is 5.32 Å². The number of hydrogen-bond donors (Lipinski definition) is 1. The van der Waals surface area contributed by atoms with E-state index < -0.39 is 32.5 Å². The number of amides is 1. The van der Waals surface area contributed by atoms with Crippen LogP contribution in [0, 0.1) is 6.92 Å². The summed E-state index contributed by atoms with van der Waals surface area (Å²) < 4.78 is 60.2. The molecule has 208 valence electrons. The first-order valence-corrected chi connectivity index (χ1v) is 15.6. The number of rotatable bonds is 10. The van der Waals surface area contributed by atoms with Crippen molar-refractivity contribution in [2.45, 2.75) is 29.8 Å². The molecule has 0 radical (unpaired) electrons. The number of sulfonamides is 2. The Kier molecular flexibility index (Phi) is 9.42. The number of carbonyl (C=O) groups excluding carboxylic acids is 1. The van der Waals surface area contributed by atoms with Crippen molar-refractivity contribution >= 4 is 37.6 Å². The fourth-order valence-corrected chi connectivity index (χ4v) is 7.05. The summed E-state index contributed by atoms with van der Waals surface area (Å²) in [5.74, 6) is -0.495. The molecule has 0 atom stereocenters. The highest BCUT2D eigenvalue weighted by Crippen LogP contribution is 2.21. The van der Waals surface area contributed by atoms with Crippen LogP contribution in [0.25, 0.3) is 0 Å². The van der Waals surface area contributed by atoms with Gasteiger partial charge in [-0.1, -0.05) is 53.6 Å². The van der Waals surface area contributed by atoms with Crippen LogP contribution in [0.2, 0.25) is 5.02 Å². The number of nitrogens with zero attached hydrogens (tertiary/aromatic N) is 2. The molecule has 0 aliphatic carbocycles. The normalized spacial score (nSPS) is 14.8. The van der Waals surface area contributed by atoms with Gasteiger partial charge in [0.15, 0.2) is 0 Å². The van der Waals surface area contributed by atoms with Crippen LogP contribution in [0.4, 0.5) is 0 Å². The molecule has 3 aromatic rings. The lowest BCUT2D eigenvalue weighted by Crippen LogP contribution is -2.40. The minimum atomic E-state index is -4.01. The zero-order valence-corrected chi connectivity index (χ0v) is 23.8. The van der Waals surface area contributed by atoms with Gasteiger partial charge in [-0.15, -0.1) is 0 Å². The Labute approximate surface area is 234 Å². The van der Waals surface area contributed by atoms with Crippen LogP contribution < -0.4 is 5.32 Å². The lowest BCUT2D eigenvalue weighted by molar-refractivity contribution is -0.121. The molecule has 9 nitrogen and oxygen atoms in total. The monoisotopic (exact) mass is 591 g/mol. The van der Waals surface area contributed by atoms with Gasteiger partial charge in [0.05, 0.1) is 29.5 Å². The maximum absolute atomic E-state index is 13.4. The van der Waals surface area contributed by atoms with Crippen molar-refractivity contribution in [3.8, 4) is 0 Å². The van der Waals surface area contributed by atoms with Crippen LogP contribution in [0.3, 0.4) is 0 Å². The van der Waals surface area contributed by atoms with Crippen molar-refractivity contribution in [2.75, 3.05) is 32.8 Å². The Hall–Kier alpha value is -2.80. The molecule has 1 aliphatic heterocycles. The summed E-state index contributed by atoms with van der Waals surface area (Å²) in [6.07, 6.45) is 0. The highest BCUT2D eigenvalue weighted by molar-refractivity contribution is 7.89. The number of hydrogen-bond acceptors (Lipinski definition) is 6. The Bertz CT molecular complexity index is 1510. The molecule has 4 rings (SSSR count). The standard InChI is InChI=1S/C27H30ClN3O6S2/c1-21-3-2-4-23(17-21)19-31(39(35,36)26-11-7-24(28)8-12-26)20-27(32)29-18-22-5-9-25(10-6-22)38(33,34)30-13-15-37-16-14-30/h2-12,17H,13-16,18-20H2,1H3,(H,29,32). The Balaban J connectivity index is 1.45. The molecular weight excluding hydrogens is 562 g/mol. The predicted molar refractivity (Wildman–Crippen MR) is 148 cm³/mol. The van der Waals surface area contributed by atoms with E-state index in [1.54, 1.807) is 12.1 Å². The second-order valence-electron chi connectivity index (χ2n) is 9.15. The van der Waals surface area contributed by atoms with E-state index in [0.717, 1.165) is 15.4 Å². The summed E-state index contributed by atoms with van der Waals surface area (Å²) >= 11 is 5.93.